The fourth-order valence-corrected chi connectivity index (χ4v) is 4.47. The molecular formula is C20H15Br2N3O5S. The van der Waals surface area contributed by atoms with E-state index in [1.54, 1.807) is 24.3 Å². The zero-order valence-corrected chi connectivity index (χ0v) is 20.3. The van der Waals surface area contributed by atoms with E-state index in [2.05, 4.69) is 31.9 Å². The molecule has 0 radical (unpaired) electrons. The minimum atomic E-state index is -0.480. The number of halogens is 2. The van der Waals surface area contributed by atoms with Gasteiger partial charge in [0.15, 0.2) is 5.11 Å². The number of benzene rings is 2. The van der Waals surface area contributed by atoms with Gasteiger partial charge in [0.05, 0.1) is 13.9 Å². The van der Waals surface area contributed by atoms with Crippen LogP contribution in [0.25, 0.3) is 6.08 Å². The average Bonchev–Trinajstić information content (AvgIpc) is 2.73. The summed E-state index contributed by atoms with van der Waals surface area (Å²) in [5, 5.41) is 11.1. The van der Waals surface area contributed by atoms with Crippen LogP contribution in [-0.4, -0.2) is 45.7 Å². The molecule has 1 saturated heterocycles. The van der Waals surface area contributed by atoms with Gasteiger partial charge in [-0.15, -0.1) is 0 Å². The van der Waals surface area contributed by atoms with Crippen molar-refractivity contribution in [2.75, 3.05) is 14.1 Å². The summed E-state index contributed by atoms with van der Waals surface area (Å²) in [6.45, 7) is 0.114. The standard InChI is InChI=1S/C20H15Br2N3O5S/c1-23-18(26)14(19(27)24(2)20(23)31)7-12-8-15(21)17(16(22)9-12)30-10-11-4-3-5-13(6-11)25(28)29/h3-9H,10H2,1-2H3. The number of nitrogens with zero attached hydrogens (tertiary/aromatic N) is 3. The molecule has 0 aliphatic carbocycles. The van der Waals surface area contributed by atoms with E-state index < -0.39 is 16.7 Å². The van der Waals surface area contributed by atoms with E-state index in [1.807, 2.05) is 0 Å². The third-order valence-corrected chi connectivity index (χ3v) is 6.21. The maximum Gasteiger partial charge on any atom is 0.269 e. The average molecular weight is 569 g/mol. The second kappa shape index (κ2) is 9.25. The van der Waals surface area contributed by atoms with Gasteiger partial charge < -0.3 is 4.74 Å². The number of carbonyl (C=O) groups excluding carboxylic acids is 2. The Hall–Kier alpha value is -2.63. The van der Waals surface area contributed by atoms with Gasteiger partial charge in [0, 0.05) is 26.2 Å². The molecule has 0 atom stereocenters. The lowest BCUT2D eigenvalue weighted by Gasteiger charge is -2.31. The van der Waals surface area contributed by atoms with Crippen LogP contribution in [0.1, 0.15) is 11.1 Å². The monoisotopic (exact) mass is 567 g/mol. The van der Waals surface area contributed by atoms with Crippen molar-refractivity contribution in [3.8, 4) is 5.75 Å². The summed E-state index contributed by atoms with van der Waals surface area (Å²) < 4.78 is 6.97. The predicted octanol–water partition coefficient (Wildman–Crippen LogP) is 4.30. The highest BCUT2D eigenvalue weighted by Gasteiger charge is 2.35. The summed E-state index contributed by atoms with van der Waals surface area (Å²) in [6.07, 6.45) is 1.49. The van der Waals surface area contributed by atoms with E-state index in [-0.39, 0.29) is 23.0 Å². The summed E-state index contributed by atoms with van der Waals surface area (Å²) in [6, 6.07) is 9.58. The first-order valence-electron chi connectivity index (χ1n) is 8.77. The number of ether oxygens (including phenoxy) is 1. The Balaban J connectivity index is 1.85. The highest BCUT2D eigenvalue weighted by molar-refractivity contribution is 9.11. The molecule has 0 aromatic heterocycles. The van der Waals surface area contributed by atoms with Crippen molar-refractivity contribution in [2.24, 2.45) is 0 Å². The molecule has 8 nitrogen and oxygen atoms in total. The molecule has 2 amide bonds. The van der Waals surface area contributed by atoms with Crippen molar-refractivity contribution in [1.82, 2.24) is 9.80 Å². The van der Waals surface area contributed by atoms with E-state index in [0.29, 0.717) is 25.8 Å². The van der Waals surface area contributed by atoms with Crippen molar-refractivity contribution < 1.29 is 19.2 Å². The number of nitro benzene ring substituents is 1. The first kappa shape index (κ1) is 23.0. The molecule has 0 saturated carbocycles. The zero-order chi connectivity index (χ0) is 22.9. The first-order chi connectivity index (χ1) is 14.6. The lowest BCUT2D eigenvalue weighted by atomic mass is 10.1. The summed E-state index contributed by atoms with van der Waals surface area (Å²) in [5.74, 6) is -0.483. The number of carbonyl (C=O) groups is 2. The van der Waals surface area contributed by atoms with Crippen LogP contribution >= 0.6 is 44.1 Å². The molecule has 1 fully saturated rings. The van der Waals surface area contributed by atoms with Crippen LogP contribution in [-0.2, 0) is 16.2 Å². The molecule has 0 unspecified atom stereocenters. The molecule has 0 N–H and O–H groups in total. The van der Waals surface area contributed by atoms with Crippen molar-refractivity contribution >= 4 is 72.8 Å². The molecule has 0 bridgehead atoms. The Morgan fingerprint density at radius 2 is 1.68 bits per heavy atom. The first-order valence-corrected chi connectivity index (χ1v) is 10.8. The van der Waals surface area contributed by atoms with E-state index in [1.165, 1.54) is 42.1 Å². The quantitative estimate of drug-likeness (QED) is 0.175. The van der Waals surface area contributed by atoms with Crippen LogP contribution in [0.4, 0.5) is 5.69 Å². The molecular weight excluding hydrogens is 554 g/mol. The molecule has 2 aromatic carbocycles. The smallest absolute Gasteiger partial charge is 0.269 e. The summed E-state index contributed by atoms with van der Waals surface area (Å²) in [7, 11) is 3.02. The second-order valence-corrected chi connectivity index (χ2v) is 8.67. The topological polar surface area (TPSA) is 93.0 Å². The van der Waals surface area contributed by atoms with Gasteiger partial charge in [-0.1, -0.05) is 12.1 Å². The SMILES string of the molecule is CN1C(=O)C(=Cc2cc(Br)c(OCc3cccc([N+](=O)[O-])c3)c(Br)c2)C(=O)N(C)C1=S. The van der Waals surface area contributed by atoms with Crippen LogP contribution in [0.5, 0.6) is 5.75 Å². The third kappa shape index (κ3) is 4.83. The molecule has 1 aliphatic heterocycles. The maximum atomic E-state index is 12.5. The lowest BCUT2D eigenvalue weighted by Crippen LogP contribution is -2.52. The highest BCUT2D eigenvalue weighted by Crippen LogP contribution is 2.36. The number of likely N-dealkylation sites (N-methyl/N-ethyl adjacent to an activating group) is 2. The van der Waals surface area contributed by atoms with Crippen molar-refractivity contribution in [1.29, 1.82) is 0 Å². The van der Waals surface area contributed by atoms with Crippen molar-refractivity contribution in [2.45, 2.75) is 6.61 Å². The molecule has 2 aromatic rings. The van der Waals surface area contributed by atoms with Gasteiger partial charge in [0.1, 0.15) is 17.9 Å². The van der Waals surface area contributed by atoms with Crippen LogP contribution in [0.15, 0.2) is 50.9 Å². The molecule has 3 rings (SSSR count). The molecule has 11 heteroatoms. The minimum Gasteiger partial charge on any atom is -0.487 e. The number of non-ortho nitro benzene ring substituents is 1. The number of hydrogen-bond acceptors (Lipinski definition) is 6. The minimum absolute atomic E-state index is 0.0114. The Morgan fingerprint density at radius 1 is 1.10 bits per heavy atom. The van der Waals surface area contributed by atoms with Crippen molar-refractivity contribution in [3.05, 3.63) is 72.2 Å². The Morgan fingerprint density at radius 3 is 2.23 bits per heavy atom. The summed E-state index contributed by atoms with van der Waals surface area (Å²) in [4.78, 5) is 37.9. The van der Waals surface area contributed by atoms with Gasteiger partial charge in [0.2, 0.25) is 0 Å². The van der Waals surface area contributed by atoms with Crippen molar-refractivity contribution in [3.63, 3.8) is 0 Å². The predicted molar refractivity (Wildman–Crippen MR) is 125 cm³/mol. The number of rotatable bonds is 5. The summed E-state index contributed by atoms with van der Waals surface area (Å²) in [5.41, 5.74) is 1.20. The van der Waals surface area contributed by atoms with Crippen LogP contribution in [0.2, 0.25) is 0 Å². The van der Waals surface area contributed by atoms with Crippen LogP contribution in [0.3, 0.4) is 0 Å². The normalized spacial score (nSPS) is 14.2. The largest absolute Gasteiger partial charge is 0.487 e. The number of thiocarbonyl (C=S) groups is 1. The van der Waals surface area contributed by atoms with Crippen LogP contribution in [0, 0.1) is 10.1 Å². The second-order valence-electron chi connectivity index (χ2n) is 6.60. The van der Waals surface area contributed by atoms with Gasteiger partial charge in [-0.3, -0.25) is 29.5 Å². The molecule has 0 spiro atoms. The van der Waals surface area contributed by atoms with Gasteiger partial charge in [-0.25, -0.2) is 0 Å². The zero-order valence-electron chi connectivity index (χ0n) is 16.3. The van der Waals surface area contributed by atoms with Crippen LogP contribution < -0.4 is 4.74 Å². The van der Waals surface area contributed by atoms with E-state index in [9.17, 15) is 19.7 Å². The maximum absolute atomic E-state index is 12.5. The fourth-order valence-electron chi connectivity index (χ4n) is 2.86. The Kier molecular flexibility index (Phi) is 6.87. The Bertz CT molecular complexity index is 1100. The van der Waals surface area contributed by atoms with E-state index in [4.69, 9.17) is 17.0 Å². The van der Waals surface area contributed by atoms with E-state index in [0.717, 1.165) is 0 Å². The van der Waals surface area contributed by atoms with Gasteiger partial charge >= 0.3 is 0 Å². The molecule has 1 aliphatic rings. The Labute approximate surface area is 199 Å². The van der Waals surface area contributed by atoms with Gasteiger partial charge in [-0.2, -0.15) is 0 Å². The fraction of sp³-hybridized carbons (Fsp3) is 0.150. The third-order valence-electron chi connectivity index (χ3n) is 4.48. The lowest BCUT2D eigenvalue weighted by molar-refractivity contribution is -0.384. The number of hydrogen-bond donors (Lipinski definition) is 0. The van der Waals surface area contributed by atoms with Gasteiger partial charge in [-0.05, 0) is 73.4 Å². The summed E-state index contributed by atoms with van der Waals surface area (Å²) >= 11 is 12.0. The molecule has 31 heavy (non-hydrogen) atoms. The molecule has 1 heterocycles. The molecule has 160 valence electrons. The van der Waals surface area contributed by atoms with Gasteiger partial charge in [0.25, 0.3) is 17.5 Å². The number of nitro groups is 1. The number of amides is 2. The highest BCUT2D eigenvalue weighted by atomic mass is 79.9. The van der Waals surface area contributed by atoms with E-state index >= 15 is 0 Å².